The monoisotopic (exact) mass is 506 g/mol. The van der Waals surface area contributed by atoms with Crippen molar-refractivity contribution in [2.24, 2.45) is 0 Å². The minimum atomic E-state index is -3.04. The van der Waals surface area contributed by atoms with E-state index in [1.807, 2.05) is 31.2 Å². The summed E-state index contributed by atoms with van der Waals surface area (Å²) in [6.07, 6.45) is 0.938. The van der Waals surface area contributed by atoms with Crippen LogP contribution < -0.4 is 5.32 Å². The normalized spacial score (nSPS) is 21.5. The highest BCUT2D eigenvalue weighted by molar-refractivity contribution is 5.86. The third-order valence-corrected chi connectivity index (χ3v) is 7.25. The molecule has 2 atom stereocenters. The number of benzene rings is 2. The predicted octanol–water partition coefficient (Wildman–Crippen LogP) is 5.89. The molecule has 1 fully saturated rings. The van der Waals surface area contributed by atoms with Crippen molar-refractivity contribution in [1.29, 1.82) is 0 Å². The van der Waals surface area contributed by atoms with Gasteiger partial charge in [0.05, 0.1) is 25.3 Å². The molecule has 0 aliphatic carbocycles. The summed E-state index contributed by atoms with van der Waals surface area (Å²) in [6.45, 7) is 3.65. The standard InChI is InChI=1S/C27H31F5N4/c1-16-10-23-24(19-6-3-4-7-22(19)34-23)26(36(16)15-27(2,31)32)25-20(29)11-17(12-21(25)30)33-18-13-35(14-18)9-5-8-28/h3-4,6-7,11-12,16,18,26,33-34H,5,8-10,13-15H2,1-2H3/t16-,26+/m0/s1. The van der Waals surface area contributed by atoms with Gasteiger partial charge >= 0.3 is 0 Å². The van der Waals surface area contributed by atoms with Crippen molar-refractivity contribution >= 4 is 16.6 Å². The van der Waals surface area contributed by atoms with Crippen LogP contribution >= 0.6 is 0 Å². The Hall–Kier alpha value is -2.65. The summed E-state index contributed by atoms with van der Waals surface area (Å²) in [4.78, 5) is 6.93. The van der Waals surface area contributed by atoms with Crippen LogP contribution in [-0.4, -0.2) is 65.6 Å². The Morgan fingerprint density at radius 3 is 2.44 bits per heavy atom. The van der Waals surface area contributed by atoms with Crippen LogP contribution in [-0.2, 0) is 6.42 Å². The summed E-state index contributed by atoms with van der Waals surface area (Å²) < 4.78 is 72.3. The molecule has 1 aromatic heterocycles. The average Bonchev–Trinajstić information content (AvgIpc) is 3.13. The minimum absolute atomic E-state index is 0.0134. The lowest BCUT2D eigenvalue weighted by Gasteiger charge is -2.42. The molecule has 2 aliphatic rings. The molecule has 9 heteroatoms. The molecule has 36 heavy (non-hydrogen) atoms. The van der Waals surface area contributed by atoms with Gasteiger partial charge in [-0.1, -0.05) is 18.2 Å². The van der Waals surface area contributed by atoms with Gasteiger partial charge in [-0.15, -0.1) is 0 Å². The van der Waals surface area contributed by atoms with Crippen molar-refractivity contribution in [1.82, 2.24) is 14.8 Å². The van der Waals surface area contributed by atoms with Gasteiger partial charge in [0.25, 0.3) is 5.92 Å². The number of likely N-dealkylation sites (tertiary alicyclic amines) is 1. The molecule has 0 unspecified atom stereocenters. The lowest BCUT2D eigenvalue weighted by Crippen LogP contribution is -2.54. The van der Waals surface area contributed by atoms with E-state index in [1.165, 1.54) is 17.0 Å². The van der Waals surface area contributed by atoms with Gasteiger partial charge in [0.15, 0.2) is 0 Å². The fourth-order valence-corrected chi connectivity index (χ4v) is 5.70. The van der Waals surface area contributed by atoms with Crippen molar-refractivity contribution in [3.05, 3.63) is 64.9 Å². The molecule has 194 valence electrons. The molecule has 0 saturated carbocycles. The molecule has 3 heterocycles. The van der Waals surface area contributed by atoms with E-state index in [9.17, 15) is 13.2 Å². The van der Waals surface area contributed by atoms with Gasteiger partial charge < -0.3 is 10.3 Å². The Bertz CT molecular complexity index is 1210. The van der Waals surface area contributed by atoms with Crippen LogP contribution in [0.1, 0.15) is 43.1 Å². The summed E-state index contributed by atoms with van der Waals surface area (Å²) in [5.41, 5.74) is 2.35. The lowest BCUT2D eigenvalue weighted by molar-refractivity contribution is -0.0370. The maximum absolute atomic E-state index is 15.7. The van der Waals surface area contributed by atoms with E-state index in [-0.39, 0.29) is 24.3 Å². The van der Waals surface area contributed by atoms with Crippen molar-refractivity contribution in [3.63, 3.8) is 0 Å². The maximum Gasteiger partial charge on any atom is 0.257 e. The van der Waals surface area contributed by atoms with E-state index < -0.39 is 30.1 Å². The largest absolute Gasteiger partial charge is 0.380 e. The number of hydrogen-bond acceptors (Lipinski definition) is 3. The predicted molar refractivity (Wildman–Crippen MR) is 131 cm³/mol. The van der Waals surface area contributed by atoms with E-state index in [0.29, 0.717) is 43.7 Å². The van der Waals surface area contributed by atoms with Crippen LogP contribution in [0.4, 0.5) is 27.6 Å². The summed E-state index contributed by atoms with van der Waals surface area (Å²) in [7, 11) is 0. The van der Waals surface area contributed by atoms with Gasteiger partial charge in [0, 0.05) is 72.4 Å². The van der Waals surface area contributed by atoms with E-state index >= 15 is 8.78 Å². The lowest BCUT2D eigenvalue weighted by atomic mass is 9.86. The second kappa shape index (κ2) is 9.67. The molecule has 1 saturated heterocycles. The first kappa shape index (κ1) is 25.0. The maximum atomic E-state index is 15.7. The molecular formula is C27H31F5N4. The number of rotatable bonds is 8. The first-order valence-electron chi connectivity index (χ1n) is 12.4. The average molecular weight is 507 g/mol. The second-order valence-electron chi connectivity index (χ2n) is 10.3. The number of nitrogens with one attached hydrogen (secondary N) is 2. The summed E-state index contributed by atoms with van der Waals surface area (Å²) in [6, 6.07) is 8.58. The van der Waals surface area contributed by atoms with E-state index in [2.05, 4.69) is 15.2 Å². The summed E-state index contributed by atoms with van der Waals surface area (Å²) in [5.74, 6) is -4.58. The molecule has 0 spiro atoms. The van der Waals surface area contributed by atoms with Crippen molar-refractivity contribution < 1.29 is 22.0 Å². The highest BCUT2D eigenvalue weighted by Crippen LogP contribution is 2.44. The second-order valence-corrected chi connectivity index (χ2v) is 10.3. The molecule has 0 radical (unpaired) electrons. The number of nitrogens with zero attached hydrogens (tertiary/aromatic N) is 2. The molecular weight excluding hydrogens is 475 g/mol. The van der Waals surface area contributed by atoms with Crippen molar-refractivity contribution in [3.8, 4) is 0 Å². The van der Waals surface area contributed by atoms with Crippen LogP contribution in [0.5, 0.6) is 0 Å². The van der Waals surface area contributed by atoms with E-state index in [4.69, 9.17) is 0 Å². The quantitative estimate of drug-likeness (QED) is 0.374. The van der Waals surface area contributed by atoms with Gasteiger partial charge in [0.1, 0.15) is 11.6 Å². The van der Waals surface area contributed by atoms with Crippen LogP contribution in [0.3, 0.4) is 0 Å². The fraction of sp³-hybridized carbons (Fsp3) is 0.481. The first-order chi connectivity index (χ1) is 17.1. The van der Waals surface area contributed by atoms with E-state index in [0.717, 1.165) is 23.5 Å². The van der Waals surface area contributed by atoms with Crippen LogP contribution in [0.2, 0.25) is 0 Å². The molecule has 0 amide bonds. The Morgan fingerprint density at radius 2 is 1.78 bits per heavy atom. The molecule has 4 nitrogen and oxygen atoms in total. The first-order valence-corrected chi connectivity index (χ1v) is 12.4. The number of halogens is 5. The zero-order valence-corrected chi connectivity index (χ0v) is 20.4. The third kappa shape index (κ3) is 4.83. The fourth-order valence-electron chi connectivity index (χ4n) is 5.70. The number of hydrogen-bond donors (Lipinski definition) is 2. The number of aromatic nitrogens is 1. The van der Waals surface area contributed by atoms with Crippen LogP contribution in [0, 0.1) is 11.6 Å². The number of H-pyrrole nitrogens is 1. The zero-order valence-electron chi connectivity index (χ0n) is 20.4. The third-order valence-electron chi connectivity index (χ3n) is 7.25. The molecule has 0 bridgehead atoms. The van der Waals surface area contributed by atoms with Gasteiger partial charge in [-0.3, -0.25) is 14.2 Å². The van der Waals surface area contributed by atoms with Crippen LogP contribution in [0.15, 0.2) is 36.4 Å². The van der Waals surface area contributed by atoms with Gasteiger partial charge in [-0.2, -0.15) is 0 Å². The SMILES string of the molecule is C[C@H]1Cc2[nH]c3ccccc3c2[C@H](c2c(F)cc(NC3CN(CCCF)C3)cc2F)N1CC(C)(F)F. The minimum Gasteiger partial charge on any atom is -0.380 e. The number of para-hydroxylation sites is 1. The highest BCUT2D eigenvalue weighted by atomic mass is 19.3. The van der Waals surface area contributed by atoms with E-state index in [1.54, 1.807) is 0 Å². The number of fused-ring (bicyclic) bond motifs is 3. The molecule has 2 aromatic carbocycles. The van der Waals surface area contributed by atoms with Crippen LogP contribution in [0.25, 0.3) is 10.9 Å². The number of aromatic amines is 1. The highest BCUT2D eigenvalue weighted by Gasteiger charge is 2.42. The summed E-state index contributed by atoms with van der Waals surface area (Å²) >= 11 is 0. The number of alkyl halides is 3. The Balaban J connectivity index is 1.51. The van der Waals surface area contributed by atoms with Gasteiger partial charge in [-0.05, 0) is 31.5 Å². The Kier molecular flexibility index (Phi) is 6.72. The molecule has 2 N–H and O–H groups in total. The zero-order chi connectivity index (χ0) is 25.6. The Morgan fingerprint density at radius 1 is 1.08 bits per heavy atom. The molecule has 2 aliphatic heterocycles. The van der Waals surface area contributed by atoms with Crippen molar-refractivity contribution in [2.45, 2.75) is 50.7 Å². The number of anilines is 1. The van der Waals surface area contributed by atoms with Gasteiger partial charge in [-0.25, -0.2) is 17.6 Å². The molecule has 5 rings (SSSR count). The van der Waals surface area contributed by atoms with Gasteiger partial charge in [0.2, 0.25) is 0 Å². The summed E-state index contributed by atoms with van der Waals surface area (Å²) in [5, 5.41) is 3.92. The molecule has 3 aromatic rings. The topological polar surface area (TPSA) is 34.3 Å². The Labute approximate surface area is 207 Å². The van der Waals surface area contributed by atoms with Crippen molar-refractivity contribution in [2.75, 3.05) is 38.2 Å². The smallest absolute Gasteiger partial charge is 0.257 e.